The van der Waals surface area contributed by atoms with E-state index < -0.39 is 0 Å². The lowest BCUT2D eigenvalue weighted by Gasteiger charge is -2.20. The van der Waals surface area contributed by atoms with Crippen LogP contribution in [0.15, 0.2) is 24.3 Å². The van der Waals surface area contributed by atoms with Gasteiger partial charge in [0.1, 0.15) is 5.75 Å². The van der Waals surface area contributed by atoms with E-state index in [4.69, 9.17) is 4.74 Å². The maximum absolute atomic E-state index is 12.0. The maximum atomic E-state index is 12.0. The van der Waals surface area contributed by atoms with Gasteiger partial charge in [-0.25, -0.2) is 0 Å². The molecule has 0 aliphatic carbocycles. The normalized spacial score (nSPS) is 10.0. The molecule has 1 aromatic rings. The van der Waals surface area contributed by atoms with Gasteiger partial charge in [0, 0.05) is 25.7 Å². The molecule has 0 aromatic heterocycles. The van der Waals surface area contributed by atoms with Crippen molar-refractivity contribution in [1.82, 2.24) is 4.90 Å². The van der Waals surface area contributed by atoms with E-state index in [2.05, 4.69) is 12.2 Å². The van der Waals surface area contributed by atoms with Crippen molar-refractivity contribution in [3.05, 3.63) is 24.3 Å². The molecule has 21 heavy (non-hydrogen) atoms. The zero-order valence-corrected chi connectivity index (χ0v) is 13.0. The number of nitrogens with one attached hydrogen (secondary N) is 1. The smallest absolute Gasteiger partial charge is 0.260 e. The summed E-state index contributed by atoms with van der Waals surface area (Å²) in [5.41, 5.74) is 0.708. The van der Waals surface area contributed by atoms with Gasteiger partial charge in [-0.15, -0.1) is 0 Å². The number of ether oxygens (including phenoxy) is 1. The van der Waals surface area contributed by atoms with Crippen molar-refractivity contribution in [3.8, 4) is 5.75 Å². The quantitative estimate of drug-likeness (QED) is 0.801. The average molecular weight is 292 g/mol. The molecule has 1 N–H and O–H groups in total. The first-order valence-corrected chi connectivity index (χ1v) is 7.35. The van der Waals surface area contributed by atoms with Crippen LogP contribution in [0, 0.1) is 0 Å². The Hall–Kier alpha value is -2.04. The largest absolute Gasteiger partial charge is 0.484 e. The van der Waals surface area contributed by atoms with Crippen LogP contribution in [-0.2, 0) is 9.59 Å². The fourth-order valence-corrected chi connectivity index (χ4v) is 1.88. The van der Waals surface area contributed by atoms with Crippen LogP contribution in [0.4, 0.5) is 5.69 Å². The third-order valence-electron chi connectivity index (χ3n) is 3.05. The lowest BCUT2D eigenvalue weighted by atomic mass is 10.3. The predicted molar refractivity (Wildman–Crippen MR) is 83.4 cm³/mol. The van der Waals surface area contributed by atoms with Crippen molar-refractivity contribution in [2.75, 3.05) is 25.0 Å². The summed E-state index contributed by atoms with van der Waals surface area (Å²) in [6.07, 6.45) is 2.07. The molecule has 0 atom stereocenters. The van der Waals surface area contributed by atoms with Gasteiger partial charge in [0.05, 0.1) is 0 Å². The predicted octanol–water partition coefficient (Wildman–Crippen LogP) is 2.67. The second-order valence-corrected chi connectivity index (χ2v) is 4.82. The van der Waals surface area contributed by atoms with E-state index in [0.29, 0.717) is 18.0 Å². The Morgan fingerprint density at radius 3 is 2.38 bits per heavy atom. The SMILES string of the molecule is CCCCN(CC)C(=O)COc1ccc(NC(C)=O)cc1. The van der Waals surface area contributed by atoms with Gasteiger partial charge in [-0.05, 0) is 37.6 Å². The van der Waals surface area contributed by atoms with E-state index in [1.54, 1.807) is 29.2 Å². The Morgan fingerprint density at radius 2 is 1.86 bits per heavy atom. The number of rotatable bonds is 8. The summed E-state index contributed by atoms with van der Waals surface area (Å²) in [6, 6.07) is 6.97. The molecule has 0 spiro atoms. The summed E-state index contributed by atoms with van der Waals surface area (Å²) in [6.45, 7) is 7.04. The number of amides is 2. The van der Waals surface area contributed by atoms with E-state index in [9.17, 15) is 9.59 Å². The lowest BCUT2D eigenvalue weighted by molar-refractivity contribution is -0.133. The van der Waals surface area contributed by atoms with Gasteiger partial charge < -0.3 is 15.0 Å². The fourth-order valence-electron chi connectivity index (χ4n) is 1.88. The Balaban J connectivity index is 2.46. The average Bonchev–Trinajstić information content (AvgIpc) is 2.46. The minimum atomic E-state index is -0.117. The van der Waals surface area contributed by atoms with Gasteiger partial charge in [-0.2, -0.15) is 0 Å². The van der Waals surface area contributed by atoms with E-state index >= 15 is 0 Å². The first-order chi connectivity index (χ1) is 10.1. The highest BCUT2D eigenvalue weighted by molar-refractivity contribution is 5.88. The van der Waals surface area contributed by atoms with Crippen LogP contribution in [0.1, 0.15) is 33.6 Å². The zero-order chi connectivity index (χ0) is 15.7. The molecule has 0 bridgehead atoms. The molecule has 0 unspecified atom stereocenters. The van der Waals surface area contributed by atoms with Gasteiger partial charge in [-0.3, -0.25) is 9.59 Å². The maximum Gasteiger partial charge on any atom is 0.260 e. The van der Waals surface area contributed by atoms with E-state index in [0.717, 1.165) is 19.4 Å². The van der Waals surface area contributed by atoms with Crippen molar-refractivity contribution >= 4 is 17.5 Å². The monoisotopic (exact) mass is 292 g/mol. The highest BCUT2D eigenvalue weighted by Crippen LogP contribution is 2.15. The summed E-state index contributed by atoms with van der Waals surface area (Å²) in [5, 5.41) is 2.68. The molecular weight excluding hydrogens is 268 g/mol. The summed E-state index contributed by atoms with van der Waals surface area (Å²) in [4.78, 5) is 24.7. The molecule has 0 aliphatic heterocycles. The zero-order valence-electron chi connectivity index (χ0n) is 13.0. The number of carbonyl (C=O) groups is 2. The number of hydrogen-bond donors (Lipinski definition) is 1. The van der Waals surface area contributed by atoms with Crippen molar-refractivity contribution in [2.24, 2.45) is 0 Å². The Labute approximate surface area is 126 Å². The first kappa shape index (κ1) is 17.0. The first-order valence-electron chi connectivity index (χ1n) is 7.35. The number of unbranched alkanes of at least 4 members (excludes halogenated alkanes) is 1. The number of anilines is 1. The number of likely N-dealkylation sites (N-methyl/N-ethyl adjacent to an activating group) is 1. The summed E-state index contributed by atoms with van der Waals surface area (Å²) in [5.74, 6) is 0.495. The molecule has 0 fully saturated rings. The molecule has 1 rings (SSSR count). The Bertz CT molecular complexity index is 457. The van der Waals surface area contributed by atoms with Crippen LogP contribution >= 0.6 is 0 Å². The van der Waals surface area contributed by atoms with Crippen LogP contribution < -0.4 is 10.1 Å². The van der Waals surface area contributed by atoms with Crippen LogP contribution in [0.3, 0.4) is 0 Å². The summed E-state index contributed by atoms with van der Waals surface area (Å²) in [7, 11) is 0. The van der Waals surface area contributed by atoms with Crippen molar-refractivity contribution in [2.45, 2.75) is 33.6 Å². The molecule has 0 radical (unpaired) electrons. The van der Waals surface area contributed by atoms with Crippen LogP contribution in [0.5, 0.6) is 5.75 Å². The van der Waals surface area contributed by atoms with E-state index in [-0.39, 0.29) is 18.4 Å². The van der Waals surface area contributed by atoms with Crippen LogP contribution in [-0.4, -0.2) is 36.4 Å². The second-order valence-electron chi connectivity index (χ2n) is 4.82. The highest BCUT2D eigenvalue weighted by Gasteiger charge is 2.11. The summed E-state index contributed by atoms with van der Waals surface area (Å²) >= 11 is 0. The molecule has 0 heterocycles. The van der Waals surface area contributed by atoms with Gasteiger partial charge in [0.2, 0.25) is 5.91 Å². The van der Waals surface area contributed by atoms with E-state index in [1.807, 2.05) is 6.92 Å². The topological polar surface area (TPSA) is 58.6 Å². The van der Waals surface area contributed by atoms with Crippen molar-refractivity contribution in [1.29, 1.82) is 0 Å². The summed E-state index contributed by atoms with van der Waals surface area (Å²) < 4.78 is 5.49. The highest BCUT2D eigenvalue weighted by atomic mass is 16.5. The third kappa shape index (κ3) is 6.29. The van der Waals surface area contributed by atoms with E-state index in [1.165, 1.54) is 6.92 Å². The minimum Gasteiger partial charge on any atom is -0.484 e. The molecule has 2 amide bonds. The van der Waals surface area contributed by atoms with Gasteiger partial charge in [0.15, 0.2) is 6.61 Å². The number of hydrogen-bond acceptors (Lipinski definition) is 3. The van der Waals surface area contributed by atoms with Gasteiger partial charge in [-0.1, -0.05) is 13.3 Å². The Kier molecular flexibility index (Phi) is 7.29. The number of benzene rings is 1. The molecule has 0 saturated heterocycles. The minimum absolute atomic E-state index is 0.00288. The second kappa shape index (κ2) is 9.00. The molecule has 0 aliphatic rings. The van der Waals surface area contributed by atoms with Crippen molar-refractivity contribution < 1.29 is 14.3 Å². The van der Waals surface area contributed by atoms with Crippen LogP contribution in [0.25, 0.3) is 0 Å². The molecule has 5 heteroatoms. The molecule has 116 valence electrons. The van der Waals surface area contributed by atoms with Gasteiger partial charge >= 0.3 is 0 Å². The third-order valence-corrected chi connectivity index (χ3v) is 3.05. The molecular formula is C16H24N2O3. The number of nitrogens with zero attached hydrogens (tertiary/aromatic N) is 1. The molecule has 1 aromatic carbocycles. The lowest BCUT2D eigenvalue weighted by Crippen LogP contribution is -2.35. The standard InChI is InChI=1S/C16H24N2O3/c1-4-6-11-18(5-2)16(20)12-21-15-9-7-14(8-10-15)17-13(3)19/h7-10H,4-6,11-12H2,1-3H3,(H,17,19). The fraction of sp³-hybridized carbons (Fsp3) is 0.500. The van der Waals surface area contributed by atoms with Gasteiger partial charge in [0.25, 0.3) is 5.91 Å². The molecule has 5 nitrogen and oxygen atoms in total. The Morgan fingerprint density at radius 1 is 1.19 bits per heavy atom. The molecule has 0 saturated carbocycles. The number of carbonyl (C=O) groups excluding carboxylic acids is 2. The van der Waals surface area contributed by atoms with Crippen molar-refractivity contribution in [3.63, 3.8) is 0 Å². The van der Waals surface area contributed by atoms with Crippen LogP contribution in [0.2, 0.25) is 0 Å².